The third-order valence-electron chi connectivity index (χ3n) is 2.98. The molecule has 2 N–H and O–H groups in total. The highest BCUT2D eigenvalue weighted by molar-refractivity contribution is 5.95. The second-order valence-corrected chi connectivity index (χ2v) is 4.32. The van der Waals surface area contributed by atoms with Crippen molar-refractivity contribution < 1.29 is 9.59 Å². The van der Waals surface area contributed by atoms with E-state index >= 15 is 0 Å². The van der Waals surface area contributed by atoms with E-state index in [9.17, 15) is 9.59 Å². The zero-order chi connectivity index (χ0) is 12.3. The summed E-state index contributed by atoms with van der Waals surface area (Å²) in [5.41, 5.74) is 2.08. The summed E-state index contributed by atoms with van der Waals surface area (Å²) in [7, 11) is 0. The predicted molar refractivity (Wildman–Crippen MR) is 65.6 cm³/mol. The Bertz CT molecular complexity index is 443. The molecule has 1 aliphatic rings. The van der Waals surface area contributed by atoms with E-state index in [0.717, 1.165) is 12.1 Å². The Kier molecular flexibility index (Phi) is 3.42. The molecule has 0 aliphatic carbocycles. The molecule has 2 amide bonds. The number of carbonyl (C=O) groups is 2. The minimum atomic E-state index is -0.0541. The summed E-state index contributed by atoms with van der Waals surface area (Å²) in [6.45, 7) is 2.03. The van der Waals surface area contributed by atoms with Gasteiger partial charge < -0.3 is 10.6 Å². The van der Waals surface area contributed by atoms with Crippen molar-refractivity contribution in [3.8, 4) is 0 Å². The van der Waals surface area contributed by atoms with Crippen LogP contribution < -0.4 is 10.6 Å². The molecule has 0 saturated carbocycles. The number of benzene rings is 1. The second kappa shape index (κ2) is 4.99. The summed E-state index contributed by atoms with van der Waals surface area (Å²) in [4.78, 5) is 22.6. The number of anilines is 1. The lowest BCUT2D eigenvalue weighted by Gasteiger charge is -2.24. The van der Waals surface area contributed by atoms with Gasteiger partial charge in [-0.15, -0.1) is 0 Å². The van der Waals surface area contributed by atoms with Crippen molar-refractivity contribution >= 4 is 17.5 Å². The van der Waals surface area contributed by atoms with Crippen molar-refractivity contribution in [1.82, 2.24) is 5.32 Å². The summed E-state index contributed by atoms with van der Waals surface area (Å²) >= 11 is 0. The lowest BCUT2D eigenvalue weighted by Crippen LogP contribution is -2.33. The SMILES string of the molecule is CC(=O)NCCC1Cc2ccccc2NC1=O. The van der Waals surface area contributed by atoms with Crippen LogP contribution in [0.2, 0.25) is 0 Å². The van der Waals surface area contributed by atoms with Gasteiger partial charge in [0.25, 0.3) is 0 Å². The van der Waals surface area contributed by atoms with Crippen LogP contribution in [0.3, 0.4) is 0 Å². The molecule has 1 unspecified atom stereocenters. The standard InChI is InChI=1S/C13H16N2O2/c1-9(16)14-7-6-11-8-10-4-2-3-5-12(10)15-13(11)17/h2-5,11H,6-8H2,1H3,(H,14,16)(H,15,17). The van der Waals surface area contributed by atoms with Crippen molar-refractivity contribution in [2.75, 3.05) is 11.9 Å². The van der Waals surface area contributed by atoms with Gasteiger partial charge in [-0.25, -0.2) is 0 Å². The molecule has 0 radical (unpaired) electrons. The highest BCUT2D eigenvalue weighted by Crippen LogP contribution is 2.26. The van der Waals surface area contributed by atoms with Gasteiger partial charge in [0.05, 0.1) is 0 Å². The van der Waals surface area contributed by atoms with Crippen molar-refractivity contribution in [2.45, 2.75) is 19.8 Å². The number of rotatable bonds is 3. The third-order valence-corrected chi connectivity index (χ3v) is 2.98. The lowest BCUT2D eigenvalue weighted by molar-refractivity contribution is -0.121. The molecule has 1 aliphatic heterocycles. The molecule has 90 valence electrons. The van der Waals surface area contributed by atoms with Gasteiger partial charge in [-0.2, -0.15) is 0 Å². The second-order valence-electron chi connectivity index (χ2n) is 4.32. The summed E-state index contributed by atoms with van der Waals surface area (Å²) in [6.07, 6.45) is 1.43. The van der Waals surface area contributed by atoms with Gasteiger partial charge in [0.1, 0.15) is 0 Å². The van der Waals surface area contributed by atoms with Gasteiger partial charge in [0.15, 0.2) is 0 Å². The van der Waals surface area contributed by atoms with Crippen LogP contribution in [0.25, 0.3) is 0 Å². The van der Waals surface area contributed by atoms with Gasteiger partial charge in [0, 0.05) is 25.1 Å². The first-order valence-corrected chi connectivity index (χ1v) is 5.80. The van der Waals surface area contributed by atoms with Crippen LogP contribution in [0.1, 0.15) is 18.9 Å². The Morgan fingerprint density at radius 3 is 3.00 bits per heavy atom. The Morgan fingerprint density at radius 2 is 2.24 bits per heavy atom. The fourth-order valence-corrected chi connectivity index (χ4v) is 2.07. The Morgan fingerprint density at radius 1 is 1.47 bits per heavy atom. The number of hydrogen-bond donors (Lipinski definition) is 2. The Hall–Kier alpha value is -1.84. The average molecular weight is 232 g/mol. The van der Waals surface area contributed by atoms with Crippen LogP contribution in [-0.2, 0) is 16.0 Å². The van der Waals surface area contributed by atoms with Gasteiger partial charge in [-0.3, -0.25) is 9.59 Å². The molecule has 0 saturated heterocycles. The molecule has 4 nitrogen and oxygen atoms in total. The van der Waals surface area contributed by atoms with Crippen LogP contribution in [0, 0.1) is 5.92 Å². The van der Waals surface area contributed by atoms with Crippen LogP contribution in [-0.4, -0.2) is 18.4 Å². The molecular formula is C13H16N2O2. The summed E-state index contributed by atoms with van der Waals surface area (Å²) < 4.78 is 0. The number of hydrogen-bond acceptors (Lipinski definition) is 2. The maximum atomic E-state index is 11.8. The lowest BCUT2D eigenvalue weighted by atomic mass is 9.91. The van der Waals surface area contributed by atoms with E-state index in [4.69, 9.17) is 0 Å². The summed E-state index contributed by atoms with van der Waals surface area (Å²) in [5, 5.41) is 5.61. The monoisotopic (exact) mass is 232 g/mol. The highest BCUT2D eigenvalue weighted by Gasteiger charge is 2.25. The van der Waals surface area contributed by atoms with Gasteiger partial charge in [-0.1, -0.05) is 18.2 Å². The molecule has 1 heterocycles. The molecule has 1 aromatic rings. The fourth-order valence-electron chi connectivity index (χ4n) is 2.07. The first kappa shape index (κ1) is 11.6. The van der Waals surface area contributed by atoms with Gasteiger partial charge in [-0.05, 0) is 24.5 Å². The van der Waals surface area contributed by atoms with Crippen molar-refractivity contribution in [3.63, 3.8) is 0 Å². The number of carbonyl (C=O) groups excluding carboxylic acids is 2. The van der Waals surface area contributed by atoms with E-state index in [0.29, 0.717) is 13.0 Å². The fraction of sp³-hybridized carbons (Fsp3) is 0.385. The molecule has 1 atom stereocenters. The van der Waals surface area contributed by atoms with Gasteiger partial charge >= 0.3 is 0 Å². The van der Waals surface area contributed by atoms with E-state index in [1.165, 1.54) is 12.5 Å². The first-order chi connectivity index (χ1) is 8.16. The Labute approximate surface area is 100 Å². The maximum absolute atomic E-state index is 11.8. The number of nitrogens with one attached hydrogen (secondary N) is 2. The van der Waals surface area contributed by atoms with E-state index in [2.05, 4.69) is 10.6 Å². The number of amides is 2. The molecule has 17 heavy (non-hydrogen) atoms. The van der Waals surface area contributed by atoms with E-state index in [1.54, 1.807) is 0 Å². The molecule has 1 aromatic carbocycles. The largest absolute Gasteiger partial charge is 0.356 e. The molecule has 0 bridgehead atoms. The highest BCUT2D eigenvalue weighted by atomic mass is 16.2. The smallest absolute Gasteiger partial charge is 0.227 e. The summed E-state index contributed by atoms with van der Waals surface area (Å²) in [5.74, 6) is -0.0487. The topological polar surface area (TPSA) is 58.2 Å². The van der Waals surface area contributed by atoms with Gasteiger partial charge in [0.2, 0.25) is 11.8 Å². The van der Waals surface area contributed by atoms with Crippen LogP contribution in [0.5, 0.6) is 0 Å². The van der Waals surface area contributed by atoms with E-state index in [1.807, 2.05) is 24.3 Å². The number of para-hydroxylation sites is 1. The molecule has 0 fully saturated rings. The normalized spacial score (nSPS) is 18.2. The minimum absolute atomic E-state index is 0.0447. The quantitative estimate of drug-likeness (QED) is 0.825. The minimum Gasteiger partial charge on any atom is -0.356 e. The van der Waals surface area contributed by atoms with E-state index in [-0.39, 0.29) is 17.7 Å². The third kappa shape index (κ3) is 2.84. The predicted octanol–water partition coefficient (Wildman–Crippen LogP) is 1.32. The van der Waals surface area contributed by atoms with Crippen molar-refractivity contribution in [3.05, 3.63) is 29.8 Å². The molecule has 2 rings (SSSR count). The summed E-state index contributed by atoms with van der Waals surface area (Å²) in [6, 6.07) is 7.83. The Balaban J connectivity index is 1.98. The van der Waals surface area contributed by atoms with Crippen molar-refractivity contribution in [2.24, 2.45) is 5.92 Å². The molecule has 4 heteroatoms. The molecule has 0 spiro atoms. The zero-order valence-electron chi connectivity index (χ0n) is 9.82. The maximum Gasteiger partial charge on any atom is 0.227 e. The van der Waals surface area contributed by atoms with Crippen LogP contribution in [0.4, 0.5) is 5.69 Å². The first-order valence-electron chi connectivity index (χ1n) is 5.80. The molecule has 0 aromatic heterocycles. The average Bonchev–Trinajstić information content (AvgIpc) is 2.29. The number of fused-ring (bicyclic) bond motifs is 1. The van der Waals surface area contributed by atoms with Crippen LogP contribution >= 0.6 is 0 Å². The molecular weight excluding hydrogens is 216 g/mol. The zero-order valence-corrected chi connectivity index (χ0v) is 9.82. The van der Waals surface area contributed by atoms with Crippen molar-refractivity contribution in [1.29, 1.82) is 0 Å². The van der Waals surface area contributed by atoms with Crippen LogP contribution in [0.15, 0.2) is 24.3 Å². The van der Waals surface area contributed by atoms with E-state index < -0.39 is 0 Å².